The summed E-state index contributed by atoms with van der Waals surface area (Å²) in [4.78, 5) is 1.01. The molecule has 4 nitrogen and oxygen atoms in total. The number of nitrogens with one attached hydrogen (secondary N) is 1. The van der Waals surface area contributed by atoms with E-state index in [0.717, 1.165) is 11.3 Å². The van der Waals surface area contributed by atoms with E-state index in [9.17, 15) is 8.42 Å². The Hall–Kier alpha value is -0.430. The Morgan fingerprint density at radius 3 is 2.35 bits per heavy atom. The first-order valence-electron chi connectivity index (χ1n) is 6.91. The summed E-state index contributed by atoms with van der Waals surface area (Å²) in [7, 11) is -3.39. The van der Waals surface area contributed by atoms with E-state index < -0.39 is 10.0 Å². The van der Waals surface area contributed by atoms with Gasteiger partial charge in [0, 0.05) is 11.4 Å². The van der Waals surface area contributed by atoms with Crippen LogP contribution in [0.25, 0.3) is 0 Å². The zero-order chi connectivity index (χ0) is 15.2. The van der Waals surface area contributed by atoms with Crippen molar-refractivity contribution in [3.63, 3.8) is 0 Å². The predicted molar refractivity (Wildman–Crippen MR) is 83.3 cm³/mol. The summed E-state index contributed by atoms with van der Waals surface area (Å²) >= 11 is 1.31. The van der Waals surface area contributed by atoms with E-state index in [0.29, 0.717) is 23.2 Å². The SMILES string of the molecule is CC1(C)C(CNS(=O)(=O)c2ccc(CCN)s2)C1(C)C. The van der Waals surface area contributed by atoms with Gasteiger partial charge in [-0.3, -0.25) is 0 Å². The summed E-state index contributed by atoms with van der Waals surface area (Å²) in [5.74, 6) is 0.383. The van der Waals surface area contributed by atoms with Gasteiger partial charge in [-0.15, -0.1) is 11.3 Å². The molecule has 1 fully saturated rings. The Kier molecular flexibility index (Phi) is 4.06. The highest BCUT2D eigenvalue weighted by atomic mass is 32.2. The lowest BCUT2D eigenvalue weighted by molar-refractivity contribution is 0.457. The van der Waals surface area contributed by atoms with E-state index >= 15 is 0 Å². The molecular weight excluding hydrogens is 292 g/mol. The Labute approximate surface area is 125 Å². The quantitative estimate of drug-likeness (QED) is 0.845. The molecule has 0 saturated heterocycles. The van der Waals surface area contributed by atoms with Crippen LogP contribution in [0.15, 0.2) is 16.3 Å². The fraction of sp³-hybridized carbons (Fsp3) is 0.714. The maximum Gasteiger partial charge on any atom is 0.250 e. The highest BCUT2D eigenvalue weighted by Gasteiger charge is 2.64. The molecule has 114 valence electrons. The zero-order valence-corrected chi connectivity index (χ0v) is 14.2. The summed E-state index contributed by atoms with van der Waals surface area (Å²) in [6.07, 6.45) is 0.725. The molecule has 0 atom stereocenters. The molecule has 1 aliphatic carbocycles. The lowest BCUT2D eigenvalue weighted by Gasteiger charge is -2.05. The molecule has 3 N–H and O–H groups in total. The third kappa shape index (κ3) is 2.66. The summed E-state index contributed by atoms with van der Waals surface area (Å²) in [6.45, 7) is 9.81. The first-order chi connectivity index (χ1) is 9.13. The largest absolute Gasteiger partial charge is 0.330 e. The summed E-state index contributed by atoms with van der Waals surface area (Å²) in [5, 5.41) is 0. The summed E-state index contributed by atoms with van der Waals surface area (Å²) < 4.78 is 27.7. The van der Waals surface area contributed by atoms with Gasteiger partial charge in [0.2, 0.25) is 10.0 Å². The van der Waals surface area contributed by atoms with Crippen LogP contribution in [0.2, 0.25) is 0 Å². The lowest BCUT2D eigenvalue weighted by atomic mass is 10.0. The molecule has 0 bridgehead atoms. The van der Waals surface area contributed by atoms with E-state index in [2.05, 4.69) is 32.4 Å². The summed E-state index contributed by atoms with van der Waals surface area (Å²) in [6, 6.07) is 3.51. The molecule has 0 spiro atoms. The first-order valence-corrected chi connectivity index (χ1v) is 9.21. The highest BCUT2D eigenvalue weighted by molar-refractivity contribution is 7.91. The van der Waals surface area contributed by atoms with Crippen molar-refractivity contribution in [1.29, 1.82) is 0 Å². The molecule has 1 heterocycles. The molecule has 1 aliphatic rings. The van der Waals surface area contributed by atoms with Crippen molar-refractivity contribution in [2.75, 3.05) is 13.1 Å². The van der Waals surface area contributed by atoms with Gasteiger partial charge in [-0.05, 0) is 41.8 Å². The van der Waals surface area contributed by atoms with Gasteiger partial charge in [-0.2, -0.15) is 0 Å². The van der Waals surface area contributed by atoms with E-state index in [1.54, 1.807) is 6.07 Å². The molecule has 0 amide bonds. The van der Waals surface area contributed by atoms with Gasteiger partial charge in [-0.1, -0.05) is 27.7 Å². The lowest BCUT2D eigenvalue weighted by Crippen LogP contribution is -2.26. The van der Waals surface area contributed by atoms with E-state index in [-0.39, 0.29) is 10.8 Å². The van der Waals surface area contributed by atoms with Crippen molar-refractivity contribution in [3.05, 3.63) is 17.0 Å². The van der Waals surface area contributed by atoms with Crippen LogP contribution in [0.5, 0.6) is 0 Å². The predicted octanol–water partition coefficient (Wildman–Crippen LogP) is 2.21. The van der Waals surface area contributed by atoms with E-state index in [1.165, 1.54) is 11.3 Å². The number of hydrogen-bond donors (Lipinski definition) is 2. The molecule has 1 aromatic rings. The zero-order valence-electron chi connectivity index (χ0n) is 12.6. The Morgan fingerprint density at radius 1 is 1.25 bits per heavy atom. The van der Waals surface area contributed by atoms with Crippen molar-refractivity contribution in [1.82, 2.24) is 4.72 Å². The maximum absolute atomic E-state index is 12.3. The van der Waals surface area contributed by atoms with Crippen molar-refractivity contribution in [3.8, 4) is 0 Å². The van der Waals surface area contributed by atoms with Crippen LogP contribution in [0.3, 0.4) is 0 Å². The average Bonchev–Trinajstić information content (AvgIpc) is 2.72. The van der Waals surface area contributed by atoms with E-state index in [4.69, 9.17) is 5.73 Å². The van der Waals surface area contributed by atoms with Gasteiger partial charge < -0.3 is 5.73 Å². The van der Waals surface area contributed by atoms with Crippen LogP contribution in [-0.2, 0) is 16.4 Å². The van der Waals surface area contributed by atoms with Crippen LogP contribution in [-0.4, -0.2) is 21.5 Å². The van der Waals surface area contributed by atoms with Gasteiger partial charge in [0.25, 0.3) is 0 Å². The Morgan fingerprint density at radius 2 is 1.85 bits per heavy atom. The summed E-state index contributed by atoms with van der Waals surface area (Å²) in [5.41, 5.74) is 5.87. The molecule has 0 unspecified atom stereocenters. The van der Waals surface area contributed by atoms with Crippen molar-refractivity contribution in [2.45, 2.75) is 38.3 Å². The molecule has 1 saturated carbocycles. The second kappa shape index (κ2) is 5.09. The van der Waals surface area contributed by atoms with Gasteiger partial charge in [0.15, 0.2) is 0 Å². The molecule has 0 aliphatic heterocycles. The number of hydrogen-bond acceptors (Lipinski definition) is 4. The minimum absolute atomic E-state index is 0.190. The van der Waals surface area contributed by atoms with Crippen LogP contribution < -0.4 is 10.5 Å². The smallest absolute Gasteiger partial charge is 0.250 e. The molecule has 0 radical (unpaired) electrons. The number of thiophene rings is 1. The second-order valence-corrected chi connectivity index (χ2v) is 9.77. The van der Waals surface area contributed by atoms with Gasteiger partial charge >= 0.3 is 0 Å². The van der Waals surface area contributed by atoms with Crippen molar-refractivity contribution < 1.29 is 8.42 Å². The monoisotopic (exact) mass is 316 g/mol. The second-order valence-electron chi connectivity index (χ2n) is 6.61. The normalized spacial score (nSPS) is 21.1. The molecule has 0 aromatic carbocycles. The minimum Gasteiger partial charge on any atom is -0.330 e. The van der Waals surface area contributed by atoms with Crippen LogP contribution >= 0.6 is 11.3 Å². The minimum atomic E-state index is -3.39. The molecule has 1 aromatic heterocycles. The number of sulfonamides is 1. The molecule has 6 heteroatoms. The van der Waals surface area contributed by atoms with Crippen LogP contribution in [0.1, 0.15) is 32.6 Å². The van der Waals surface area contributed by atoms with E-state index in [1.807, 2.05) is 6.07 Å². The van der Waals surface area contributed by atoms with Gasteiger partial charge in [0.1, 0.15) is 4.21 Å². The van der Waals surface area contributed by atoms with Gasteiger partial charge in [0.05, 0.1) is 0 Å². The van der Waals surface area contributed by atoms with Crippen LogP contribution in [0, 0.1) is 16.7 Å². The van der Waals surface area contributed by atoms with Crippen molar-refractivity contribution >= 4 is 21.4 Å². The third-order valence-corrected chi connectivity index (χ3v) is 8.15. The number of rotatable bonds is 6. The molecule has 20 heavy (non-hydrogen) atoms. The maximum atomic E-state index is 12.3. The average molecular weight is 316 g/mol. The molecule has 2 rings (SSSR count). The van der Waals surface area contributed by atoms with Crippen molar-refractivity contribution in [2.24, 2.45) is 22.5 Å². The number of nitrogens with two attached hydrogens (primary N) is 1. The Balaban J connectivity index is 2.01. The topological polar surface area (TPSA) is 72.2 Å². The van der Waals surface area contributed by atoms with Gasteiger partial charge in [-0.25, -0.2) is 13.1 Å². The van der Waals surface area contributed by atoms with Crippen LogP contribution in [0.4, 0.5) is 0 Å². The first kappa shape index (κ1) is 15.9. The fourth-order valence-corrected chi connectivity index (χ4v) is 5.35. The third-order valence-electron chi connectivity index (χ3n) is 5.09. The fourth-order valence-electron chi connectivity index (χ4n) is 2.89. The Bertz CT molecular complexity index is 574. The molecular formula is C14H24N2O2S2. The standard InChI is InChI=1S/C14H24N2O2S2/c1-13(2)11(14(13,3)4)9-16-20(17,18)12-6-5-10(19-12)7-8-15/h5-6,11,16H,7-9,15H2,1-4H3. The highest BCUT2D eigenvalue weighted by Crippen LogP contribution is 2.67.